The molecule has 2 atom stereocenters. The molecule has 2 fully saturated rings. The van der Waals surface area contributed by atoms with Gasteiger partial charge in [0.15, 0.2) is 0 Å². The first kappa shape index (κ1) is 19.0. The Morgan fingerprint density at radius 2 is 1.79 bits per heavy atom. The van der Waals surface area contributed by atoms with Crippen LogP contribution in [0.15, 0.2) is 0 Å². The highest BCUT2D eigenvalue weighted by molar-refractivity contribution is 5.81. The highest BCUT2D eigenvalue weighted by Gasteiger charge is 2.35. The Kier molecular flexibility index (Phi) is 6.12. The largest absolute Gasteiger partial charge is 0.444 e. The fourth-order valence-corrected chi connectivity index (χ4v) is 3.66. The van der Waals surface area contributed by atoms with E-state index < -0.39 is 5.60 Å². The maximum atomic E-state index is 12.3. The van der Waals surface area contributed by atoms with E-state index in [0.717, 1.165) is 51.9 Å². The lowest BCUT2D eigenvalue weighted by Gasteiger charge is -2.37. The van der Waals surface area contributed by atoms with Crippen molar-refractivity contribution in [2.24, 2.45) is 5.92 Å². The number of likely N-dealkylation sites (tertiary alicyclic amines) is 2. The zero-order chi connectivity index (χ0) is 17.9. The van der Waals surface area contributed by atoms with Gasteiger partial charge in [0, 0.05) is 33.7 Å². The molecule has 2 aliphatic heterocycles. The van der Waals surface area contributed by atoms with Crippen molar-refractivity contribution in [2.45, 2.75) is 58.1 Å². The summed E-state index contributed by atoms with van der Waals surface area (Å²) in [4.78, 5) is 30.4. The van der Waals surface area contributed by atoms with Gasteiger partial charge in [0.1, 0.15) is 5.60 Å². The zero-order valence-corrected chi connectivity index (χ0v) is 15.9. The van der Waals surface area contributed by atoms with Crippen LogP contribution < -0.4 is 0 Å². The molecule has 0 N–H and O–H groups in total. The number of likely N-dealkylation sites (N-methyl/N-ethyl adjacent to an activating group) is 1. The molecule has 6 nitrogen and oxygen atoms in total. The van der Waals surface area contributed by atoms with Crippen LogP contribution in [0, 0.1) is 5.92 Å². The van der Waals surface area contributed by atoms with E-state index >= 15 is 0 Å². The van der Waals surface area contributed by atoms with E-state index in [1.807, 2.05) is 39.8 Å². The average Bonchev–Trinajstić information content (AvgIpc) is 2.93. The van der Waals surface area contributed by atoms with Crippen LogP contribution in [0.1, 0.15) is 46.5 Å². The number of piperidine rings is 1. The summed E-state index contributed by atoms with van der Waals surface area (Å²) in [6.45, 7) is 9.06. The monoisotopic (exact) mass is 339 g/mol. The standard InChI is InChI=1S/C18H33N3O3/c1-18(2,3)24-17(23)21-11-6-8-14(13-21)12-20-10-7-9-15(20)16(22)19(4)5/h14-15H,6-13H2,1-5H3/t14-,15-/m0/s1. The third kappa shape index (κ3) is 5.10. The van der Waals surface area contributed by atoms with Gasteiger partial charge in [-0.2, -0.15) is 0 Å². The molecule has 2 rings (SSSR count). The molecule has 2 heterocycles. The molecule has 0 bridgehead atoms. The third-order valence-electron chi connectivity index (χ3n) is 4.75. The maximum Gasteiger partial charge on any atom is 0.410 e. The number of carbonyl (C=O) groups is 2. The first-order valence-corrected chi connectivity index (χ1v) is 9.10. The molecule has 0 spiro atoms. The summed E-state index contributed by atoms with van der Waals surface area (Å²) in [6.07, 6.45) is 3.92. The van der Waals surface area contributed by atoms with Gasteiger partial charge in [-0.25, -0.2) is 4.79 Å². The average molecular weight is 339 g/mol. The molecule has 2 saturated heterocycles. The Morgan fingerprint density at radius 1 is 1.12 bits per heavy atom. The molecule has 2 amide bonds. The van der Waals surface area contributed by atoms with Crippen molar-refractivity contribution < 1.29 is 14.3 Å². The van der Waals surface area contributed by atoms with Crippen molar-refractivity contribution in [3.8, 4) is 0 Å². The van der Waals surface area contributed by atoms with Crippen molar-refractivity contribution in [2.75, 3.05) is 40.3 Å². The van der Waals surface area contributed by atoms with E-state index in [1.165, 1.54) is 0 Å². The molecular weight excluding hydrogens is 306 g/mol. The van der Waals surface area contributed by atoms with Crippen LogP contribution in [-0.2, 0) is 9.53 Å². The molecule has 2 aliphatic rings. The summed E-state index contributed by atoms with van der Waals surface area (Å²) in [6, 6.07) is 0.0110. The third-order valence-corrected chi connectivity index (χ3v) is 4.75. The zero-order valence-electron chi connectivity index (χ0n) is 15.9. The van der Waals surface area contributed by atoms with E-state index in [-0.39, 0.29) is 18.0 Å². The minimum absolute atomic E-state index is 0.0110. The Balaban J connectivity index is 1.90. The quantitative estimate of drug-likeness (QED) is 0.791. The second kappa shape index (κ2) is 7.72. The molecule has 6 heteroatoms. The Hall–Kier alpha value is -1.30. The molecule has 0 aromatic carbocycles. The summed E-state index contributed by atoms with van der Waals surface area (Å²) in [5.74, 6) is 0.620. The van der Waals surface area contributed by atoms with Gasteiger partial charge >= 0.3 is 6.09 Å². The highest BCUT2D eigenvalue weighted by atomic mass is 16.6. The van der Waals surface area contributed by atoms with E-state index in [9.17, 15) is 9.59 Å². The SMILES string of the molecule is CN(C)C(=O)[C@@H]1CCCN1C[C@@H]1CCCN(C(=O)OC(C)(C)C)C1. The van der Waals surface area contributed by atoms with Crippen molar-refractivity contribution in [3.63, 3.8) is 0 Å². The maximum absolute atomic E-state index is 12.3. The minimum atomic E-state index is -0.456. The summed E-state index contributed by atoms with van der Waals surface area (Å²) < 4.78 is 5.50. The van der Waals surface area contributed by atoms with Gasteiger partial charge in [0.25, 0.3) is 0 Å². The Labute approximate surface area is 146 Å². The van der Waals surface area contributed by atoms with Gasteiger partial charge < -0.3 is 14.5 Å². The van der Waals surface area contributed by atoms with Crippen LogP contribution >= 0.6 is 0 Å². The number of amides is 2. The Bertz CT molecular complexity index is 459. The first-order valence-electron chi connectivity index (χ1n) is 9.10. The van der Waals surface area contributed by atoms with Gasteiger partial charge in [-0.05, 0) is 58.9 Å². The molecule has 0 aliphatic carbocycles. The topological polar surface area (TPSA) is 53.1 Å². The van der Waals surface area contributed by atoms with E-state index in [1.54, 1.807) is 4.90 Å². The summed E-state index contributed by atoms with van der Waals surface area (Å²) in [5.41, 5.74) is -0.456. The normalized spacial score (nSPS) is 25.6. The lowest BCUT2D eigenvalue weighted by molar-refractivity contribution is -0.133. The number of nitrogens with zero attached hydrogens (tertiary/aromatic N) is 3. The van der Waals surface area contributed by atoms with Crippen LogP contribution in [0.3, 0.4) is 0 Å². The van der Waals surface area contributed by atoms with Crippen molar-refractivity contribution >= 4 is 12.0 Å². The minimum Gasteiger partial charge on any atom is -0.444 e. The van der Waals surface area contributed by atoms with Crippen molar-refractivity contribution in [3.05, 3.63) is 0 Å². The van der Waals surface area contributed by atoms with Crippen LogP contribution in [0.4, 0.5) is 4.79 Å². The predicted octanol–water partition coefficient (Wildman–Crippen LogP) is 2.19. The van der Waals surface area contributed by atoms with Crippen LogP contribution in [-0.4, -0.2) is 78.6 Å². The molecule has 0 saturated carbocycles. The lowest BCUT2D eigenvalue weighted by Crippen LogP contribution is -2.48. The molecule has 0 aromatic heterocycles. The lowest BCUT2D eigenvalue weighted by atomic mass is 9.97. The number of hydrogen-bond acceptors (Lipinski definition) is 4. The van der Waals surface area contributed by atoms with Gasteiger partial charge in [-0.1, -0.05) is 0 Å². The molecular formula is C18H33N3O3. The fourth-order valence-electron chi connectivity index (χ4n) is 3.66. The second-order valence-electron chi connectivity index (χ2n) is 8.32. The molecule has 0 aromatic rings. The number of carbonyl (C=O) groups excluding carboxylic acids is 2. The summed E-state index contributed by atoms with van der Waals surface area (Å²) in [7, 11) is 3.65. The summed E-state index contributed by atoms with van der Waals surface area (Å²) in [5, 5.41) is 0. The molecule has 138 valence electrons. The fraction of sp³-hybridized carbons (Fsp3) is 0.889. The predicted molar refractivity (Wildman–Crippen MR) is 93.8 cm³/mol. The van der Waals surface area contributed by atoms with Crippen LogP contribution in [0.25, 0.3) is 0 Å². The van der Waals surface area contributed by atoms with E-state index in [2.05, 4.69) is 4.90 Å². The van der Waals surface area contributed by atoms with Crippen LogP contribution in [0.5, 0.6) is 0 Å². The van der Waals surface area contributed by atoms with Gasteiger partial charge in [-0.3, -0.25) is 9.69 Å². The van der Waals surface area contributed by atoms with Crippen molar-refractivity contribution in [1.82, 2.24) is 14.7 Å². The van der Waals surface area contributed by atoms with Crippen LogP contribution in [0.2, 0.25) is 0 Å². The highest BCUT2D eigenvalue weighted by Crippen LogP contribution is 2.25. The smallest absolute Gasteiger partial charge is 0.410 e. The van der Waals surface area contributed by atoms with Gasteiger partial charge in [0.2, 0.25) is 5.91 Å². The first-order chi connectivity index (χ1) is 11.2. The van der Waals surface area contributed by atoms with Gasteiger partial charge in [-0.15, -0.1) is 0 Å². The summed E-state index contributed by atoms with van der Waals surface area (Å²) >= 11 is 0. The molecule has 24 heavy (non-hydrogen) atoms. The Morgan fingerprint density at radius 3 is 2.42 bits per heavy atom. The molecule has 0 unspecified atom stereocenters. The molecule has 0 radical (unpaired) electrons. The van der Waals surface area contributed by atoms with E-state index in [4.69, 9.17) is 4.74 Å². The number of rotatable bonds is 3. The second-order valence-corrected chi connectivity index (χ2v) is 8.32. The van der Waals surface area contributed by atoms with Gasteiger partial charge in [0.05, 0.1) is 6.04 Å². The number of ether oxygens (including phenoxy) is 1. The number of hydrogen-bond donors (Lipinski definition) is 0. The van der Waals surface area contributed by atoms with E-state index in [0.29, 0.717) is 5.92 Å². The van der Waals surface area contributed by atoms with Crippen molar-refractivity contribution in [1.29, 1.82) is 0 Å².